The van der Waals surface area contributed by atoms with E-state index in [1.165, 1.54) is 4.68 Å². The Hall–Kier alpha value is -4.23. The van der Waals surface area contributed by atoms with E-state index in [0.717, 1.165) is 26.9 Å². The molecule has 7 heteroatoms. The molecule has 0 aliphatic heterocycles. The van der Waals surface area contributed by atoms with Gasteiger partial charge in [0, 0.05) is 41.4 Å². The van der Waals surface area contributed by atoms with Crippen LogP contribution in [0.15, 0.2) is 111 Å². The molecule has 0 spiro atoms. The van der Waals surface area contributed by atoms with Crippen molar-refractivity contribution in [2.24, 2.45) is 5.10 Å². The normalized spacial score (nSPS) is 11.2. The highest BCUT2D eigenvalue weighted by molar-refractivity contribution is 9.10. The van der Waals surface area contributed by atoms with Crippen LogP contribution in [0.1, 0.15) is 11.1 Å². The van der Waals surface area contributed by atoms with Gasteiger partial charge in [0.25, 0.3) is 5.56 Å². The number of hydrogen-bond donors (Lipinski definition) is 0. The average molecular weight is 553 g/mol. The number of hydrogen-bond acceptors (Lipinski definition) is 5. The molecule has 0 saturated carbocycles. The van der Waals surface area contributed by atoms with Crippen LogP contribution >= 0.6 is 15.9 Å². The lowest BCUT2D eigenvalue weighted by Gasteiger charge is -2.16. The van der Waals surface area contributed by atoms with Crippen LogP contribution in [0.4, 0.5) is 5.69 Å². The van der Waals surface area contributed by atoms with Gasteiger partial charge in [-0.05, 0) is 42.0 Å². The van der Waals surface area contributed by atoms with Crippen molar-refractivity contribution < 1.29 is 4.74 Å². The highest BCUT2D eigenvalue weighted by Gasteiger charge is 2.13. The number of para-hydroxylation sites is 1. The summed E-state index contributed by atoms with van der Waals surface area (Å²) in [6, 6.07) is 30.8. The zero-order valence-electron chi connectivity index (χ0n) is 20.5. The molecule has 4 aromatic carbocycles. The lowest BCUT2D eigenvalue weighted by atomic mass is 10.1. The first-order chi connectivity index (χ1) is 18.0. The van der Waals surface area contributed by atoms with E-state index < -0.39 is 0 Å². The van der Waals surface area contributed by atoms with E-state index in [-0.39, 0.29) is 5.56 Å². The second kappa shape index (κ2) is 10.8. The first-order valence-corrected chi connectivity index (χ1v) is 12.6. The van der Waals surface area contributed by atoms with E-state index in [9.17, 15) is 4.79 Å². The number of halogens is 1. The molecule has 0 unspecified atom stereocenters. The van der Waals surface area contributed by atoms with Crippen molar-refractivity contribution in [2.45, 2.75) is 6.61 Å². The number of fused-ring (bicyclic) bond motifs is 1. The largest absolute Gasteiger partial charge is 0.488 e. The van der Waals surface area contributed by atoms with Gasteiger partial charge in [0.05, 0.1) is 17.1 Å². The standard InChI is InChI=1S/C30H25BrN4O2/c1-34(2)25-17-14-23(28(18-25)37-20-21-12-15-24(31)16-13-21)19-32-35-29(22-8-4-3-5-9-22)33-27-11-7-6-10-26(27)30(35)36/h3-19H,20H2,1-2H3. The SMILES string of the molecule is CN(C)c1ccc(C=Nn2c(-c3ccccc3)nc3ccccc3c2=O)c(OCc2ccc(Br)cc2)c1. The summed E-state index contributed by atoms with van der Waals surface area (Å²) in [5.41, 5.74) is 3.99. The van der Waals surface area contributed by atoms with Gasteiger partial charge in [-0.25, -0.2) is 4.98 Å². The Balaban J connectivity index is 1.57. The van der Waals surface area contributed by atoms with Crippen LogP contribution in [0.25, 0.3) is 22.3 Å². The Labute approximate surface area is 223 Å². The van der Waals surface area contributed by atoms with Crippen LogP contribution < -0.4 is 15.2 Å². The van der Waals surface area contributed by atoms with E-state index in [2.05, 4.69) is 21.0 Å². The minimum Gasteiger partial charge on any atom is -0.488 e. The van der Waals surface area contributed by atoms with Gasteiger partial charge in [-0.15, -0.1) is 0 Å². The van der Waals surface area contributed by atoms with Crippen LogP contribution in [0.3, 0.4) is 0 Å². The molecule has 1 aromatic heterocycles. The van der Waals surface area contributed by atoms with Gasteiger partial charge in [0.15, 0.2) is 5.82 Å². The summed E-state index contributed by atoms with van der Waals surface area (Å²) in [5.74, 6) is 1.14. The van der Waals surface area contributed by atoms with Gasteiger partial charge in [-0.1, -0.05) is 70.5 Å². The van der Waals surface area contributed by atoms with Gasteiger partial charge in [-0.3, -0.25) is 4.79 Å². The zero-order valence-corrected chi connectivity index (χ0v) is 22.1. The van der Waals surface area contributed by atoms with Crippen LogP contribution in [0.2, 0.25) is 0 Å². The molecular weight excluding hydrogens is 528 g/mol. The lowest BCUT2D eigenvalue weighted by molar-refractivity contribution is 0.306. The Kier molecular flexibility index (Phi) is 7.14. The van der Waals surface area contributed by atoms with E-state index in [4.69, 9.17) is 9.72 Å². The fourth-order valence-electron chi connectivity index (χ4n) is 3.90. The topological polar surface area (TPSA) is 59.7 Å². The first-order valence-electron chi connectivity index (χ1n) is 11.8. The maximum absolute atomic E-state index is 13.5. The smallest absolute Gasteiger partial charge is 0.282 e. The summed E-state index contributed by atoms with van der Waals surface area (Å²) < 4.78 is 8.59. The third-order valence-corrected chi connectivity index (χ3v) is 6.45. The highest BCUT2D eigenvalue weighted by atomic mass is 79.9. The summed E-state index contributed by atoms with van der Waals surface area (Å²) in [5, 5.41) is 5.13. The summed E-state index contributed by atoms with van der Waals surface area (Å²) in [6.07, 6.45) is 1.65. The van der Waals surface area contributed by atoms with Crippen molar-refractivity contribution in [1.29, 1.82) is 0 Å². The molecule has 0 N–H and O–H groups in total. The van der Waals surface area contributed by atoms with Gasteiger partial charge >= 0.3 is 0 Å². The predicted molar refractivity (Wildman–Crippen MR) is 154 cm³/mol. The third-order valence-electron chi connectivity index (χ3n) is 5.92. The number of anilines is 1. The highest BCUT2D eigenvalue weighted by Crippen LogP contribution is 2.26. The maximum atomic E-state index is 13.5. The van der Waals surface area contributed by atoms with Crippen molar-refractivity contribution >= 4 is 38.7 Å². The lowest BCUT2D eigenvalue weighted by Crippen LogP contribution is -2.20. The monoisotopic (exact) mass is 552 g/mol. The van der Waals surface area contributed by atoms with Gasteiger partial charge < -0.3 is 9.64 Å². The Morgan fingerprint density at radius 1 is 0.946 bits per heavy atom. The first kappa shape index (κ1) is 24.5. The van der Waals surface area contributed by atoms with Crippen LogP contribution in [-0.4, -0.2) is 30.0 Å². The molecule has 0 aliphatic rings. The predicted octanol–water partition coefficient (Wildman–Crippen LogP) is 6.35. The molecule has 5 rings (SSSR count). The molecular formula is C30H25BrN4O2. The van der Waals surface area contributed by atoms with Crippen molar-refractivity contribution in [1.82, 2.24) is 9.66 Å². The minimum atomic E-state index is -0.233. The number of aromatic nitrogens is 2. The summed E-state index contributed by atoms with van der Waals surface area (Å²) in [6.45, 7) is 0.401. The molecule has 0 aliphatic carbocycles. The fraction of sp³-hybridized carbons (Fsp3) is 0.100. The van der Waals surface area contributed by atoms with E-state index in [0.29, 0.717) is 29.1 Å². The fourth-order valence-corrected chi connectivity index (χ4v) is 4.16. The molecule has 0 bridgehead atoms. The van der Waals surface area contributed by atoms with Gasteiger partial charge in [0.2, 0.25) is 0 Å². The average Bonchev–Trinajstić information content (AvgIpc) is 2.93. The van der Waals surface area contributed by atoms with Gasteiger partial charge in [-0.2, -0.15) is 9.78 Å². The number of ether oxygens (including phenoxy) is 1. The number of benzene rings is 4. The zero-order chi connectivity index (χ0) is 25.8. The molecule has 0 atom stereocenters. The van der Waals surface area contributed by atoms with E-state index >= 15 is 0 Å². The Bertz CT molecular complexity index is 1630. The van der Waals surface area contributed by atoms with Crippen molar-refractivity contribution in [3.8, 4) is 17.1 Å². The Morgan fingerprint density at radius 3 is 2.43 bits per heavy atom. The molecule has 0 radical (unpaired) electrons. The molecule has 0 saturated heterocycles. The number of rotatable bonds is 7. The van der Waals surface area contributed by atoms with E-state index in [1.807, 2.05) is 110 Å². The molecule has 0 fully saturated rings. The molecule has 1 heterocycles. The van der Waals surface area contributed by atoms with Crippen LogP contribution in [-0.2, 0) is 6.61 Å². The molecule has 0 amide bonds. The molecule has 184 valence electrons. The van der Waals surface area contributed by atoms with Crippen molar-refractivity contribution in [2.75, 3.05) is 19.0 Å². The molecule has 6 nitrogen and oxygen atoms in total. The minimum absolute atomic E-state index is 0.233. The van der Waals surface area contributed by atoms with Crippen LogP contribution in [0.5, 0.6) is 5.75 Å². The molecule has 37 heavy (non-hydrogen) atoms. The van der Waals surface area contributed by atoms with Crippen LogP contribution in [0, 0.1) is 0 Å². The van der Waals surface area contributed by atoms with Gasteiger partial charge in [0.1, 0.15) is 12.4 Å². The molecule has 5 aromatic rings. The van der Waals surface area contributed by atoms with Crippen molar-refractivity contribution in [3.63, 3.8) is 0 Å². The van der Waals surface area contributed by atoms with E-state index in [1.54, 1.807) is 12.3 Å². The number of nitrogens with zero attached hydrogens (tertiary/aromatic N) is 4. The summed E-state index contributed by atoms with van der Waals surface area (Å²) in [7, 11) is 3.96. The second-order valence-corrected chi connectivity index (χ2v) is 9.63. The summed E-state index contributed by atoms with van der Waals surface area (Å²) >= 11 is 3.47. The quantitative estimate of drug-likeness (QED) is 0.220. The second-order valence-electron chi connectivity index (χ2n) is 8.71. The third kappa shape index (κ3) is 5.47. The summed E-state index contributed by atoms with van der Waals surface area (Å²) in [4.78, 5) is 20.3. The van der Waals surface area contributed by atoms with Crippen molar-refractivity contribution in [3.05, 3.63) is 123 Å². The maximum Gasteiger partial charge on any atom is 0.282 e. The Morgan fingerprint density at radius 2 is 1.68 bits per heavy atom.